The fraction of sp³-hybridized carbons (Fsp3) is 0.143. The molecule has 0 saturated carbocycles. The van der Waals surface area contributed by atoms with Crippen LogP contribution in [0, 0.1) is 13.8 Å². The zero-order valence-corrected chi connectivity index (χ0v) is 14.2. The van der Waals surface area contributed by atoms with Crippen molar-refractivity contribution in [2.45, 2.75) is 30.1 Å². The van der Waals surface area contributed by atoms with Gasteiger partial charge in [-0.25, -0.2) is 0 Å². The van der Waals surface area contributed by atoms with E-state index in [-0.39, 0.29) is 0 Å². The Kier molecular flexibility index (Phi) is 3.62. The van der Waals surface area contributed by atoms with Crippen LogP contribution in [0.5, 0.6) is 0 Å². The maximum Gasteiger partial charge on any atom is 0.0562 e. The molecule has 0 aromatic heterocycles. The van der Waals surface area contributed by atoms with Gasteiger partial charge in [-0.3, -0.25) is 0 Å². The second kappa shape index (κ2) is 5.78. The summed E-state index contributed by atoms with van der Waals surface area (Å²) in [5.74, 6) is 0. The highest BCUT2D eigenvalue weighted by Crippen LogP contribution is 2.45. The first-order chi connectivity index (χ1) is 11.2. The van der Waals surface area contributed by atoms with E-state index in [2.05, 4.69) is 79.8 Å². The van der Waals surface area contributed by atoms with Crippen molar-refractivity contribution in [2.75, 3.05) is 5.32 Å². The minimum Gasteiger partial charge on any atom is -0.353 e. The summed E-state index contributed by atoms with van der Waals surface area (Å²) in [4.78, 5) is 2.61. The number of aryl methyl sites for hydroxylation is 1. The zero-order chi connectivity index (χ0) is 15.8. The van der Waals surface area contributed by atoms with Gasteiger partial charge in [-0.2, -0.15) is 0 Å². The first-order valence-electron chi connectivity index (χ1n) is 7.93. The lowest BCUT2D eigenvalue weighted by Crippen LogP contribution is -2.04. The summed E-state index contributed by atoms with van der Waals surface area (Å²) in [6.45, 7) is 4.40. The highest BCUT2D eigenvalue weighted by molar-refractivity contribution is 7.99. The molecule has 4 rings (SSSR count). The van der Waals surface area contributed by atoms with Crippen LogP contribution in [0.3, 0.4) is 0 Å². The number of hydrogen-bond donors (Lipinski definition) is 1. The minimum absolute atomic E-state index is 0.965. The molecule has 1 aliphatic heterocycles. The number of fused-ring (bicyclic) bond motifs is 2. The maximum atomic E-state index is 3.64. The summed E-state index contributed by atoms with van der Waals surface area (Å²) in [6, 6.07) is 21.7. The van der Waals surface area contributed by atoms with Crippen molar-refractivity contribution < 1.29 is 0 Å². The molecular weight excluding hydrogens is 298 g/mol. The van der Waals surface area contributed by atoms with E-state index in [0.29, 0.717) is 0 Å². The van der Waals surface area contributed by atoms with E-state index >= 15 is 0 Å². The van der Waals surface area contributed by atoms with Crippen molar-refractivity contribution in [3.63, 3.8) is 0 Å². The van der Waals surface area contributed by atoms with E-state index in [1.54, 1.807) is 0 Å². The standard InChI is InChI=1S/C21H19NS/c1-14-7-5-8-16(15(14)2)13-17-9-6-12-20-21(17)22-18-10-3-4-11-19(18)23-20/h3-12,22H,13H2,1-2H3. The Hall–Kier alpha value is -2.19. The summed E-state index contributed by atoms with van der Waals surface area (Å²) < 4.78 is 0. The summed E-state index contributed by atoms with van der Waals surface area (Å²) in [7, 11) is 0. The van der Waals surface area contributed by atoms with E-state index in [1.807, 2.05) is 11.8 Å². The molecule has 1 N–H and O–H groups in total. The number of anilines is 2. The lowest BCUT2D eigenvalue weighted by Gasteiger charge is -2.23. The first kappa shape index (κ1) is 14.4. The van der Waals surface area contributed by atoms with Crippen LogP contribution in [-0.4, -0.2) is 0 Å². The molecule has 0 atom stereocenters. The van der Waals surface area contributed by atoms with E-state index in [0.717, 1.165) is 6.42 Å². The van der Waals surface area contributed by atoms with Gasteiger partial charge in [0.25, 0.3) is 0 Å². The van der Waals surface area contributed by atoms with Crippen molar-refractivity contribution in [3.05, 3.63) is 82.9 Å². The molecule has 1 aliphatic rings. The normalized spacial score (nSPS) is 12.3. The molecule has 0 spiro atoms. The summed E-state index contributed by atoms with van der Waals surface area (Å²) in [6.07, 6.45) is 0.965. The molecule has 0 amide bonds. The average Bonchev–Trinajstić information content (AvgIpc) is 2.57. The Labute approximate surface area is 141 Å². The summed E-state index contributed by atoms with van der Waals surface area (Å²) in [5, 5.41) is 3.64. The molecular formula is C21H19NS. The SMILES string of the molecule is Cc1cccc(Cc2cccc3c2Nc2ccccc2S3)c1C. The number of hydrogen-bond acceptors (Lipinski definition) is 2. The second-order valence-corrected chi connectivity index (χ2v) is 7.13. The molecule has 3 aromatic rings. The van der Waals surface area contributed by atoms with E-state index in [4.69, 9.17) is 0 Å². The van der Waals surface area contributed by atoms with Crippen molar-refractivity contribution in [3.8, 4) is 0 Å². The van der Waals surface area contributed by atoms with Gasteiger partial charge in [-0.1, -0.05) is 54.2 Å². The third-order valence-electron chi connectivity index (χ3n) is 4.58. The summed E-state index contributed by atoms with van der Waals surface area (Å²) in [5.41, 5.74) is 7.99. The lowest BCUT2D eigenvalue weighted by atomic mass is 9.96. The van der Waals surface area contributed by atoms with Gasteiger partial charge in [0.2, 0.25) is 0 Å². The van der Waals surface area contributed by atoms with Crippen molar-refractivity contribution in [1.29, 1.82) is 0 Å². The minimum atomic E-state index is 0.965. The van der Waals surface area contributed by atoms with E-state index < -0.39 is 0 Å². The third-order valence-corrected chi connectivity index (χ3v) is 5.71. The number of benzene rings is 3. The maximum absolute atomic E-state index is 3.64. The molecule has 1 nitrogen and oxygen atoms in total. The van der Waals surface area contributed by atoms with Crippen molar-refractivity contribution >= 4 is 23.1 Å². The third kappa shape index (κ3) is 2.64. The van der Waals surface area contributed by atoms with Crippen LogP contribution < -0.4 is 5.32 Å². The predicted molar refractivity (Wildman–Crippen MR) is 99.0 cm³/mol. The Balaban J connectivity index is 1.74. The Morgan fingerprint density at radius 2 is 1.52 bits per heavy atom. The highest BCUT2D eigenvalue weighted by Gasteiger charge is 2.18. The van der Waals surface area contributed by atoms with Gasteiger partial charge in [0.1, 0.15) is 0 Å². The van der Waals surface area contributed by atoms with E-state index in [1.165, 1.54) is 43.4 Å². The van der Waals surface area contributed by atoms with Gasteiger partial charge in [0, 0.05) is 9.79 Å². The second-order valence-electron chi connectivity index (χ2n) is 6.05. The molecule has 23 heavy (non-hydrogen) atoms. The smallest absolute Gasteiger partial charge is 0.0562 e. The highest BCUT2D eigenvalue weighted by atomic mass is 32.2. The van der Waals surface area contributed by atoms with Gasteiger partial charge in [-0.05, 0) is 60.7 Å². The molecule has 0 aliphatic carbocycles. The van der Waals surface area contributed by atoms with Crippen LogP contribution in [0.1, 0.15) is 22.3 Å². The topological polar surface area (TPSA) is 12.0 Å². The molecule has 1 heterocycles. The van der Waals surface area contributed by atoms with Gasteiger partial charge in [0.15, 0.2) is 0 Å². The molecule has 0 unspecified atom stereocenters. The van der Waals surface area contributed by atoms with Crippen LogP contribution >= 0.6 is 11.8 Å². The molecule has 0 radical (unpaired) electrons. The fourth-order valence-corrected chi connectivity index (χ4v) is 4.11. The zero-order valence-electron chi connectivity index (χ0n) is 13.4. The molecule has 0 fully saturated rings. The van der Waals surface area contributed by atoms with Gasteiger partial charge < -0.3 is 5.32 Å². The van der Waals surface area contributed by atoms with Crippen LogP contribution in [0.15, 0.2) is 70.5 Å². The van der Waals surface area contributed by atoms with Gasteiger partial charge in [-0.15, -0.1) is 0 Å². The van der Waals surface area contributed by atoms with Crippen LogP contribution in [0.4, 0.5) is 11.4 Å². The van der Waals surface area contributed by atoms with Gasteiger partial charge in [0.05, 0.1) is 11.4 Å². The van der Waals surface area contributed by atoms with Crippen molar-refractivity contribution in [1.82, 2.24) is 0 Å². The van der Waals surface area contributed by atoms with Crippen LogP contribution in [0.25, 0.3) is 0 Å². The lowest BCUT2D eigenvalue weighted by molar-refractivity contribution is 1.12. The molecule has 3 aromatic carbocycles. The van der Waals surface area contributed by atoms with Gasteiger partial charge >= 0.3 is 0 Å². The Bertz CT molecular complexity index is 883. The largest absolute Gasteiger partial charge is 0.353 e. The van der Waals surface area contributed by atoms with Crippen LogP contribution in [-0.2, 0) is 6.42 Å². The molecule has 0 bridgehead atoms. The number of nitrogens with one attached hydrogen (secondary N) is 1. The van der Waals surface area contributed by atoms with Crippen LogP contribution in [0.2, 0.25) is 0 Å². The van der Waals surface area contributed by atoms with Crippen molar-refractivity contribution in [2.24, 2.45) is 0 Å². The Morgan fingerprint density at radius 3 is 2.43 bits per heavy atom. The quantitative estimate of drug-likeness (QED) is 0.479. The molecule has 114 valence electrons. The van der Waals surface area contributed by atoms with E-state index in [9.17, 15) is 0 Å². The molecule has 2 heteroatoms. The summed E-state index contributed by atoms with van der Waals surface area (Å²) >= 11 is 1.85. The predicted octanol–water partition coefficient (Wildman–Crippen LogP) is 6.10. The number of para-hydroxylation sites is 2. The Morgan fingerprint density at radius 1 is 0.783 bits per heavy atom. The number of rotatable bonds is 2. The fourth-order valence-electron chi connectivity index (χ4n) is 3.07. The first-order valence-corrected chi connectivity index (χ1v) is 8.75. The monoisotopic (exact) mass is 317 g/mol. The average molecular weight is 317 g/mol. The molecule has 0 saturated heterocycles.